The summed E-state index contributed by atoms with van der Waals surface area (Å²) in [6.07, 6.45) is -13.9. The summed E-state index contributed by atoms with van der Waals surface area (Å²) in [5, 5.41) is 76.5. The summed E-state index contributed by atoms with van der Waals surface area (Å²) in [7, 11) is 0. The summed E-state index contributed by atoms with van der Waals surface area (Å²) < 4.78 is 20.9. The minimum atomic E-state index is -1.63. The van der Waals surface area contributed by atoms with Crippen LogP contribution in [0.1, 0.15) is 0 Å². The van der Waals surface area contributed by atoms with E-state index in [9.17, 15) is 30.6 Å². The minimum absolute atomic E-state index is 0.385. The number of ether oxygens (including phenoxy) is 4. The monoisotopic (exact) mass is 386 g/mol. The summed E-state index contributed by atoms with van der Waals surface area (Å²) in [6.45, 7) is -2.18. The van der Waals surface area contributed by atoms with E-state index in [0.717, 1.165) is 0 Å². The van der Waals surface area contributed by atoms with E-state index in [1.165, 1.54) is 0 Å². The van der Waals surface area contributed by atoms with E-state index in [-0.39, 0.29) is 6.61 Å². The van der Waals surface area contributed by atoms with Gasteiger partial charge in [0.1, 0.15) is 48.8 Å². The van der Waals surface area contributed by atoms with Crippen LogP contribution in [0.4, 0.5) is 0 Å². The summed E-state index contributed by atoms with van der Waals surface area (Å²) in [5.41, 5.74) is 0. The first-order valence-electron chi connectivity index (χ1n) is 8.14. The smallest absolute Gasteiger partial charge is 0.187 e. The van der Waals surface area contributed by atoms with Crippen LogP contribution in [0.2, 0.25) is 0 Å². The van der Waals surface area contributed by atoms with Gasteiger partial charge in [0.2, 0.25) is 0 Å². The molecular formula is C14H26O12. The number of aliphatic hydroxyl groups is 8. The van der Waals surface area contributed by atoms with Crippen LogP contribution in [0, 0.1) is 0 Å². The van der Waals surface area contributed by atoms with Crippen LogP contribution in [-0.4, -0.2) is 129 Å². The average Bonchev–Trinajstić information content (AvgIpc) is 2.92. The second-order valence-electron chi connectivity index (χ2n) is 6.18. The zero-order valence-corrected chi connectivity index (χ0v) is 13.8. The Morgan fingerprint density at radius 3 is 1.88 bits per heavy atom. The van der Waals surface area contributed by atoms with Crippen molar-refractivity contribution in [3.8, 4) is 0 Å². The third-order valence-electron chi connectivity index (χ3n) is 4.27. The molecule has 0 radical (unpaired) electrons. The molecule has 12 nitrogen and oxygen atoms in total. The van der Waals surface area contributed by atoms with Crippen LogP contribution in [0.15, 0.2) is 0 Å². The van der Waals surface area contributed by atoms with E-state index in [0.29, 0.717) is 0 Å². The Bertz CT molecular complexity index is 423. The van der Waals surface area contributed by atoms with Crippen LogP contribution in [0.3, 0.4) is 0 Å². The summed E-state index contributed by atoms with van der Waals surface area (Å²) in [4.78, 5) is 0. The Labute approximate surface area is 148 Å². The van der Waals surface area contributed by atoms with Gasteiger partial charge in [-0.2, -0.15) is 0 Å². The van der Waals surface area contributed by atoms with Gasteiger partial charge in [0.05, 0.1) is 26.4 Å². The SMILES string of the molecule is OC[C@@H](O)CO[C@@H]1O[C@H](CO)[C@@H](O[C@@H]2O[C@@H](CO)[C@H](O)[C@H]2O)[C@H](O)[C@H]1O. The Kier molecular flexibility index (Phi) is 8.08. The topological polar surface area (TPSA) is 199 Å². The fourth-order valence-electron chi connectivity index (χ4n) is 2.75. The lowest BCUT2D eigenvalue weighted by Crippen LogP contribution is -2.61. The first kappa shape index (κ1) is 21.8. The lowest BCUT2D eigenvalue weighted by molar-refractivity contribution is -0.332. The van der Waals surface area contributed by atoms with Crippen molar-refractivity contribution in [2.24, 2.45) is 0 Å². The van der Waals surface area contributed by atoms with Gasteiger partial charge in [-0.05, 0) is 0 Å². The quantitative estimate of drug-likeness (QED) is 0.197. The Morgan fingerprint density at radius 2 is 1.35 bits per heavy atom. The fraction of sp³-hybridized carbons (Fsp3) is 1.00. The van der Waals surface area contributed by atoms with E-state index in [1.54, 1.807) is 0 Å². The van der Waals surface area contributed by atoms with Crippen LogP contribution in [-0.2, 0) is 18.9 Å². The van der Waals surface area contributed by atoms with E-state index in [1.807, 2.05) is 0 Å². The molecule has 2 rings (SSSR count). The van der Waals surface area contributed by atoms with Crippen LogP contribution >= 0.6 is 0 Å². The van der Waals surface area contributed by atoms with Crippen molar-refractivity contribution in [3.05, 3.63) is 0 Å². The van der Waals surface area contributed by atoms with Crippen LogP contribution in [0.25, 0.3) is 0 Å². The van der Waals surface area contributed by atoms with E-state index in [2.05, 4.69) is 0 Å². The molecule has 12 heteroatoms. The van der Waals surface area contributed by atoms with Gasteiger partial charge in [-0.25, -0.2) is 0 Å². The Morgan fingerprint density at radius 1 is 0.769 bits per heavy atom. The normalized spacial score (nSPS) is 45.0. The second kappa shape index (κ2) is 9.64. The Hall–Kier alpha value is -0.480. The third-order valence-corrected chi connectivity index (χ3v) is 4.27. The van der Waals surface area contributed by atoms with Crippen molar-refractivity contribution in [1.29, 1.82) is 0 Å². The lowest BCUT2D eigenvalue weighted by Gasteiger charge is -2.42. The molecule has 2 heterocycles. The maximum atomic E-state index is 10.3. The second-order valence-corrected chi connectivity index (χ2v) is 6.18. The van der Waals surface area contributed by atoms with Gasteiger partial charge in [0.15, 0.2) is 12.6 Å². The molecule has 10 atom stereocenters. The summed E-state index contributed by atoms with van der Waals surface area (Å²) >= 11 is 0. The minimum Gasteiger partial charge on any atom is -0.394 e. The zero-order valence-electron chi connectivity index (χ0n) is 13.8. The van der Waals surface area contributed by atoms with E-state index >= 15 is 0 Å². The maximum absolute atomic E-state index is 10.3. The molecule has 26 heavy (non-hydrogen) atoms. The maximum Gasteiger partial charge on any atom is 0.187 e. The lowest BCUT2D eigenvalue weighted by atomic mass is 9.99. The molecule has 0 bridgehead atoms. The van der Waals surface area contributed by atoms with Crippen molar-refractivity contribution in [2.45, 2.75) is 61.4 Å². The fourth-order valence-corrected chi connectivity index (χ4v) is 2.75. The van der Waals surface area contributed by atoms with Gasteiger partial charge < -0.3 is 59.8 Å². The van der Waals surface area contributed by atoms with Crippen LogP contribution < -0.4 is 0 Å². The van der Waals surface area contributed by atoms with E-state index < -0.39 is 81.2 Å². The molecule has 0 saturated carbocycles. The number of hydrogen-bond donors (Lipinski definition) is 8. The van der Waals surface area contributed by atoms with Gasteiger partial charge in [-0.1, -0.05) is 0 Å². The number of rotatable bonds is 8. The summed E-state index contributed by atoms with van der Waals surface area (Å²) in [5.74, 6) is 0. The molecule has 0 spiro atoms. The van der Waals surface area contributed by atoms with Gasteiger partial charge in [0.25, 0.3) is 0 Å². The van der Waals surface area contributed by atoms with Gasteiger partial charge in [-0.15, -0.1) is 0 Å². The van der Waals surface area contributed by atoms with Crippen molar-refractivity contribution in [1.82, 2.24) is 0 Å². The van der Waals surface area contributed by atoms with Gasteiger partial charge in [0, 0.05) is 0 Å². The molecule has 0 amide bonds. The first-order chi connectivity index (χ1) is 12.3. The van der Waals surface area contributed by atoms with Crippen molar-refractivity contribution >= 4 is 0 Å². The third kappa shape index (κ3) is 4.67. The first-order valence-corrected chi connectivity index (χ1v) is 8.14. The molecule has 0 aliphatic carbocycles. The van der Waals surface area contributed by atoms with E-state index in [4.69, 9.17) is 29.2 Å². The van der Waals surface area contributed by atoms with Crippen LogP contribution in [0.5, 0.6) is 0 Å². The predicted octanol–water partition coefficient (Wildman–Crippen LogP) is -5.38. The molecule has 154 valence electrons. The molecule has 2 aliphatic rings. The van der Waals surface area contributed by atoms with Gasteiger partial charge in [-0.3, -0.25) is 0 Å². The molecule has 2 aliphatic heterocycles. The van der Waals surface area contributed by atoms with Gasteiger partial charge >= 0.3 is 0 Å². The molecular weight excluding hydrogens is 360 g/mol. The number of hydrogen-bond acceptors (Lipinski definition) is 12. The molecule has 8 N–H and O–H groups in total. The molecule has 0 aromatic rings. The van der Waals surface area contributed by atoms with Crippen molar-refractivity contribution < 1.29 is 59.8 Å². The molecule has 0 aromatic heterocycles. The molecule has 0 unspecified atom stereocenters. The highest BCUT2D eigenvalue weighted by Gasteiger charge is 2.50. The molecule has 2 fully saturated rings. The largest absolute Gasteiger partial charge is 0.394 e. The van der Waals surface area contributed by atoms with Crippen molar-refractivity contribution in [2.75, 3.05) is 26.4 Å². The van der Waals surface area contributed by atoms with Crippen molar-refractivity contribution in [3.63, 3.8) is 0 Å². The molecule has 2 saturated heterocycles. The molecule has 0 aromatic carbocycles. The highest BCUT2D eigenvalue weighted by atomic mass is 16.7. The highest BCUT2D eigenvalue weighted by Crippen LogP contribution is 2.29. The zero-order chi connectivity index (χ0) is 19.4. The Balaban J connectivity index is 2.01. The highest BCUT2D eigenvalue weighted by molar-refractivity contribution is 4.93. The average molecular weight is 386 g/mol. The standard InChI is InChI=1S/C14H26O12/c15-1-5(18)4-23-13-11(22)9(20)12(7(3-17)25-13)26-14-10(21)8(19)6(2-16)24-14/h5-22H,1-4H2/t5-,6+,7-,8+,9-,10-,11-,12-,13-,14+/m1/s1. The number of aliphatic hydroxyl groups excluding tert-OH is 8. The predicted molar refractivity (Wildman–Crippen MR) is 79.4 cm³/mol. The summed E-state index contributed by atoms with van der Waals surface area (Å²) in [6, 6.07) is 0.